The lowest BCUT2D eigenvalue weighted by Gasteiger charge is -2.12. The maximum absolute atomic E-state index is 13.9. The zero-order chi connectivity index (χ0) is 15.1. The van der Waals surface area contributed by atoms with Crippen LogP contribution in [0.25, 0.3) is 5.78 Å². The third kappa shape index (κ3) is 2.44. The van der Waals surface area contributed by atoms with Crippen molar-refractivity contribution in [3.05, 3.63) is 45.3 Å². The number of aromatic nitrogens is 4. The monoisotopic (exact) mass is 373 g/mol. The lowest BCUT2D eigenvalue weighted by Crippen LogP contribution is -2.06. The molecular weight excluding hydrogens is 368 g/mol. The number of nitrogens with one attached hydrogen (secondary N) is 1. The molecule has 0 atom stereocenters. The van der Waals surface area contributed by atoms with E-state index >= 15 is 0 Å². The normalized spacial score (nSPS) is 11.1. The quantitative estimate of drug-likeness (QED) is 0.546. The van der Waals surface area contributed by atoms with Crippen molar-refractivity contribution < 1.29 is 8.78 Å². The molecule has 0 saturated heterocycles. The van der Waals surface area contributed by atoms with Crippen LogP contribution in [-0.2, 0) is 0 Å². The van der Waals surface area contributed by atoms with Crippen LogP contribution in [0.3, 0.4) is 0 Å². The molecule has 5 nitrogen and oxygen atoms in total. The molecular formula is C12H7BrClF2N5. The topological polar surface area (TPSA) is 55.1 Å². The Morgan fingerprint density at radius 1 is 1.29 bits per heavy atom. The van der Waals surface area contributed by atoms with Crippen molar-refractivity contribution >= 4 is 44.8 Å². The summed E-state index contributed by atoms with van der Waals surface area (Å²) >= 11 is 8.93. The summed E-state index contributed by atoms with van der Waals surface area (Å²) in [7, 11) is 0. The Morgan fingerprint density at radius 2 is 2.05 bits per heavy atom. The molecule has 0 bridgehead atoms. The van der Waals surface area contributed by atoms with Crippen LogP contribution in [-0.4, -0.2) is 19.6 Å². The van der Waals surface area contributed by atoms with Crippen molar-refractivity contribution in [3.8, 4) is 0 Å². The highest BCUT2D eigenvalue weighted by Gasteiger charge is 2.15. The zero-order valence-electron chi connectivity index (χ0n) is 10.5. The van der Waals surface area contributed by atoms with Crippen molar-refractivity contribution in [3.63, 3.8) is 0 Å². The van der Waals surface area contributed by atoms with E-state index < -0.39 is 11.6 Å². The van der Waals surface area contributed by atoms with E-state index in [9.17, 15) is 8.78 Å². The number of halogens is 4. The van der Waals surface area contributed by atoms with Gasteiger partial charge in [-0.2, -0.15) is 19.6 Å². The van der Waals surface area contributed by atoms with E-state index in [1.54, 1.807) is 6.92 Å². The van der Waals surface area contributed by atoms with E-state index in [2.05, 4.69) is 36.3 Å². The van der Waals surface area contributed by atoms with Gasteiger partial charge in [0.1, 0.15) is 28.9 Å². The van der Waals surface area contributed by atoms with Crippen LogP contribution < -0.4 is 5.32 Å². The Morgan fingerprint density at radius 3 is 2.81 bits per heavy atom. The summed E-state index contributed by atoms with van der Waals surface area (Å²) in [5.41, 5.74) is 0.496. The maximum atomic E-state index is 13.9. The minimum atomic E-state index is -0.621. The van der Waals surface area contributed by atoms with Crippen LogP contribution in [0.2, 0.25) is 5.15 Å². The van der Waals surface area contributed by atoms with Crippen LogP contribution >= 0.6 is 27.5 Å². The molecule has 3 aromatic rings. The first-order valence-corrected chi connectivity index (χ1v) is 6.92. The van der Waals surface area contributed by atoms with Gasteiger partial charge in [0.2, 0.25) is 0 Å². The van der Waals surface area contributed by atoms with Gasteiger partial charge in [0.15, 0.2) is 0 Å². The van der Waals surface area contributed by atoms with Gasteiger partial charge in [-0.3, -0.25) is 0 Å². The zero-order valence-corrected chi connectivity index (χ0v) is 12.9. The summed E-state index contributed by atoms with van der Waals surface area (Å²) in [4.78, 5) is 7.95. The number of nitrogens with zero attached hydrogens (tertiary/aromatic N) is 4. The molecule has 108 valence electrons. The molecule has 9 heteroatoms. The van der Waals surface area contributed by atoms with Gasteiger partial charge in [0.25, 0.3) is 5.78 Å². The van der Waals surface area contributed by atoms with Crippen LogP contribution in [0.1, 0.15) is 5.56 Å². The maximum Gasteiger partial charge on any atom is 0.255 e. The van der Waals surface area contributed by atoms with Crippen LogP contribution in [0.15, 0.2) is 22.9 Å². The molecule has 2 aromatic heterocycles. The highest BCUT2D eigenvalue weighted by molar-refractivity contribution is 9.10. The van der Waals surface area contributed by atoms with Gasteiger partial charge in [-0.1, -0.05) is 11.6 Å². The summed E-state index contributed by atoms with van der Waals surface area (Å²) in [5.74, 6) is -0.593. The Hall–Kier alpha value is -1.80. The Labute approximate surface area is 131 Å². The largest absolute Gasteiger partial charge is 0.337 e. The SMILES string of the molecule is Cc1c(Cl)nc2ncnn2c1Nc1cc(F)c(Br)cc1F. The average molecular weight is 375 g/mol. The fourth-order valence-corrected chi connectivity index (χ4v) is 2.27. The standard InChI is InChI=1S/C12H7BrClF2N5/c1-5-10(14)20-12-17-4-18-21(12)11(5)19-9-3-7(15)6(13)2-8(9)16/h2-4,19H,1H3. The van der Waals surface area contributed by atoms with Crippen molar-refractivity contribution in [2.45, 2.75) is 6.92 Å². The lowest BCUT2D eigenvalue weighted by molar-refractivity contribution is 0.597. The highest BCUT2D eigenvalue weighted by Crippen LogP contribution is 2.29. The average Bonchev–Trinajstić information content (AvgIpc) is 2.88. The number of fused-ring (bicyclic) bond motifs is 1. The second-order valence-corrected chi connectivity index (χ2v) is 5.43. The molecule has 0 spiro atoms. The predicted octanol–water partition coefficient (Wildman–Crippen LogP) is 3.87. The summed E-state index contributed by atoms with van der Waals surface area (Å²) in [6, 6.07) is 2.07. The number of hydrogen-bond donors (Lipinski definition) is 1. The molecule has 0 amide bonds. The minimum Gasteiger partial charge on any atom is -0.337 e. The molecule has 1 aromatic carbocycles. The number of hydrogen-bond acceptors (Lipinski definition) is 4. The lowest BCUT2D eigenvalue weighted by atomic mass is 10.2. The molecule has 3 rings (SSSR count). The van der Waals surface area contributed by atoms with Gasteiger partial charge >= 0.3 is 0 Å². The van der Waals surface area contributed by atoms with E-state index in [4.69, 9.17) is 11.6 Å². The minimum absolute atomic E-state index is 0.0425. The first-order chi connectivity index (χ1) is 9.97. The van der Waals surface area contributed by atoms with Gasteiger partial charge in [-0.25, -0.2) is 8.78 Å². The van der Waals surface area contributed by atoms with Gasteiger partial charge in [-0.05, 0) is 28.9 Å². The summed E-state index contributed by atoms with van der Waals surface area (Å²) in [5, 5.41) is 6.97. The molecule has 0 saturated carbocycles. The predicted molar refractivity (Wildman–Crippen MR) is 77.9 cm³/mol. The number of anilines is 2. The van der Waals surface area contributed by atoms with Crippen LogP contribution in [0.5, 0.6) is 0 Å². The van der Waals surface area contributed by atoms with Crippen molar-refractivity contribution in [1.82, 2.24) is 19.6 Å². The fraction of sp³-hybridized carbons (Fsp3) is 0.0833. The van der Waals surface area contributed by atoms with E-state index in [0.29, 0.717) is 11.4 Å². The molecule has 0 aliphatic rings. The van der Waals surface area contributed by atoms with Crippen molar-refractivity contribution in [1.29, 1.82) is 0 Å². The van der Waals surface area contributed by atoms with Gasteiger partial charge < -0.3 is 5.32 Å². The first-order valence-electron chi connectivity index (χ1n) is 5.75. The third-order valence-electron chi connectivity index (χ3n) is 2.87. The highest BCUT2D eigenvalue weighted by atomic mass is 79.9. The molecule has 0 fully saturated rings. The van der Waals surface area contributed by atoms with E-state index in [1.807, 2.05) is 0 Å². The summed E-state index contributed by atoms with van der Waals surface area (Å²) in [6.07, 6.45) is 1.29. The molecule has 0 unspecified atom stereocenters. The Kier molecular flexibility index (Phi) is 3.50. The first kappa shape index (κ1) is 14.2. The third-order valence-corrected chi connectivity index (χ3v) is 3.84. The van der Waals surface area contributed by atoms with E-state index in [-0.39, 0.29) is 21.1 Å². The number of rotatable bonds is 2. The second kappa shape index (κ2) is 5.19. The molecule has 2 heterocycles. The molecule has 1 N–H and O–H groups in total. The summed E-state index contributed by atoms with van der Waals surface area (Å²) < 4.78 is 28.9. The van der Waals surface area contributed by atoms with E-state index in [1.165, 1.54) is 10.8 Å². The Balaban J connectivity index is 2.16. The second-order valence-electron chi connectivity index (χ2n) is 4.22. The van der Waals surface area contributed by atoms with E-state index in [0.717, 1.165) is 12.1 Å². The number of benzene rings is 1. The fourth-order valence-electron chi connectivity index (χ4n) is 1.79. The van der Waals surface area contributed by atoms with Crippen molar-refractivity contribution in [2.75, 3.05) is 5.32 Å². The van der Waals surface area contributed by atoms with Gasteiger partial charge in [-0.15, -0.1) is 0 Å². The van der Waals surface area contributed by atoms with Crippen molar-refractivity contribution in [2.24, 2.45) is 0 Å². The summed E-state index contributed by atoms with van der Waals surface area (Å²) in [6.45, 7) is 1.69. The van der Waals surface area contributed by atoms with Gasteiger partial charge in [0.05, 0.1) is 10.2 Å². The molecule has 0 aliphatic carbocycles. The van der Waals surface area contributed by atoms with Crippen LogP contribution in [0.4, 0.5) is 20.3 Å². The van der Waals surface area contributed by atoms with Gasteiger partial charge in [0, 0.05) is 11.6 Å². The molecule has 21 heavy (non-hydrogen) atoms. The smallest absolute Gasteiger partial charge is 0.255 e. The Bertz CT molecular complexity index is 851. The molecule has 0 radical (unpaired) electrons. The molecule has 0 aliphatic heterocycles. The van der Waals surface area contributed by atoms with Crippen LogP contribution in [0, 0.1) is 18.6 Å².